The molecule has 0 spiro atoms. The highest BCUT2D eigenvalue weighted by molar-refractivity contribution is 6.04. The molecular weight excluding hydrogens is 376 g/mol. The number of pyridine rings is 1. The molecule has 5 aromatic rings. The number of nitrogens with one attached hydrogen (secondary N) is 1. The Kier molecular flexibility index (Phi) is 4.46. The van der Waals surface area contributed by atoms with Gasteiger partial charge in [0.15, 0.2) is 5.65 Å². The summed E-state index contributed by atoms with van der Waals surface area (Å²) in [5.41, 5.74) is 4.35. The molecule has 0 radical (unpaired) electrons. The Hall–Kier alpha value is -4.39. The van der Waals surface area contributed by atoms with Gasteiger partial charge in [0.05, 0.1) is 5.69 Å². The Morgan fingerprint density at radius 2 is 1.57 bits per heavy atom. The molecule has 0 saturated heterocycles. The zero-order chi connectivity index (χ0) is 20.3. The number of aromatic nitrogens is 5. The number of carbonyl (C=O) groups excluding carboxylic acids is 1. The largest absolute Gasteiger partial charge is 0.322 e. The molecule has 0 atom stereocenters. The van der Waals surface area contributed by atoms with E-state index in [9.17, 15) is 4.79 Å². The summed E-state index contributed by atoms with van der Waals surface area (Å²) < 4.78 is 1.68. The summed E-state index contributed by atoms with van der Waals surface area (Å²) in [5, 5.41) is 16.0. The molecule has 1 amide bonds. The minimum Gasteiger partial charge on any atom is -0.322 e. The molecule has 0 aliphatic carbocycles. The Morgan fingerprint density at radius 3 is 2.33 bits per heavy atom. The van der Waals surface area contributed by atoms with Crippen molar-refractivity contribution in [2.45, 2.75) is 0 Å². The predicted octanol–water partition coefficient (Wildman–Crippen LogP) is 4.11. The molecule has 30 heavy (non-hydrogen) atoms. The van der Waals surface area contributed by atoms with E-state index in [0.29, 0.717) is 28.4 Å². The van der Waals surface area contributed by atoms with Crippen LogP contribution in [0.5, 0.6) is 0 Å². The van der Waals surface area contributed by atoms with Crippen molar-refractivity contribution in [3.8, 4) is 22.8 Å². The average molecular weight is 392 g/mol. The number of carbonyl (C=O) groups is 1. The first kappa shape index (κ1) is 17.7. The third-order valence-electron chi connectivity index (χ3n) is 4.63. The van der Waals surface area contributed by atoms with Crippen LogP contribution in [-0.2, 0) is 0 Å². The molecule has 0 unspecified atom stereocenters. The van der Waals surface area contributed by atoms with Crippen molar-refractivity contribution in [1.29, 1.82) is 0 Å². The van der Waals surface area contributed by atoms with Crippen LogP contribution in [0.1, 0.15) is 10.4 Å². The summed E-state index contributed by atoms with van der Waals surface area (Å²) in [6.07, 6.45) is 1.71. The van der Waals surface area contributed by atoms with Crippen LogP contribution in [0.4, 0.5) is 5.69 Å². The summed E-state index contributed by atoms with van der Waals surface area (Å²) in [4.78, 5) is 16.6. The fraction of sp³-hybridized carbons (Fsp3) is 0. The van der Waals surface area contributed by atoms with Crippen molar-refractivity contribution in [1.82, 2.24) is 24.8 Å². The van der Waals surface area contributed by atoms with E-state index in [0.717, 1.165) is 11.3 Å². The Bertz CT molecular complexity index is 1310. The second-order valence-corrected chi connectivity index (χ2v) is 6.62. The lowest BCUT2D eigenvalue weighted by Crippen LogP contribution is -2.11. The summed E-state index contributed by atoms with van der Waals surface area (Å²) in [7, 11) is 0. The summed E-state index contributed by atoms with van der Waals surface area (Å²) in [6.45, 7) is 0. The molecule has 0 aliphatic rings. The molecule has 3 heterocycles. The van der Waals surface area contributed by atoms with E-state index in [1.54, 1.807) is 22.8 Å². The van der Waals surface area contributed by atoms with E-state index in [1.165, 1.54) is 0 Å². The standard InChI is InChI=1S/C23H16N6O/c30-23(17-6-2-1-3-7-17)25-18-11-9-16(10-12-18)19-13-14-21-26-27-22(29(21)28-19)20-8-4-5-15-24-20/h1-15H,(H,25,30). The van der Waals surface area contributed by atoms with Gasteiger partial charge in [0, 0.05) is 23.0 Å². The molecule has 144 valence electrons. The van der Waals surface area contributed by atoms with E-state index in [-0.39, 0.29) is 5.91 Å². The number of nitrogens with zero attached hydrogens (tertiary/aromatic N) is 5. The van der Waals surface area contributed by atoms with Gasteiger partial charge in [0.1, 0.15) is 5.69 Å². The molecule has 7 nitrogen and oxygen atoms in total. The monoisotopic (exact) mass is 392 g/mol. The van der Waals surface area contributed by atoms with Crippen molar-refractivity contribution in [2.24, 2.45) is 0 Å². The summed E-state index contributed by atoms with van der Waals surface area (Å²) in [6, 6.07) is 26.0. The van der Waals surface area contributed by atoms with Crippen LogP contribution in [0.3, 0.4) is 0 Å². The molecule has 5 rings (SSSR count). The van der Waals surface area contributed by atoms with Crippen molar-refractivity contribution in [3.05, 3.63) is 96.7 Å². The zero-order valence-corrected chi connectivity index (χ0v) is 15.8. The Labute approximate surface area is 172 Å². The van der Waals surface area contributed by atoms with Crippen molar-refractivity contribution in [3.63, 3.8) is 0 Å². The van der Waals surface area contributed by atoms with Gasteiger partial charge in [-0.1, -0.05) is 36.4 Å². The van der Waals surface area contributed by atoms with Gasteiger partial charge in [-0.15, -0.1) is 10.2 Å². The Balaban J connectivity index is 1.42. The molecule has 0 bridgehead atoms. The number of anilines is 1. The fourth-order valence-corrected chi connectivity index (χ4v) is 3.11. The van der Waals surface area contributed by atoms with Gasteiger partial charge in [0.2, 0.25) is 5.82 Å². The lowest BCUT2D eigenvalue weighted by molar-refractivity contribution is 0.102. The number of rotatable bonds is 4. The third-order valence-corrected chi connectivity index (χ3v) is 4.63. The lowest BCUT2D eigenvalue weighted by Gasteiger charge is -2.07. The molecule has 7 heteroatoms. The zero-order valence-electron chi connectivity index (χ0n) is 15.8. The summed E-state index contributed by atoms with van der Waals surface area (Å²) in [5.74, 6) is 0.437. The lowest BCUT2D eigenvalue weighted by atomic mass is 10.1. The van der Waals surface area contributed by atoms with E-state index in [2.05, 4.69) is 25.6 Å². The van der Waals surface area contributed by atoms with Crippen LogP contribution in [0.25, 0.3) is 28.4 Å². The minimum absolute atomic E-state index is 0.146. The van der Waals surface area contributed by atoms with Crippen LogP contribution in [-0.4, -0.2) is 30.7 Å². The van der Waals surface area contributed by atoms with Gasteiger partial charge in [-0.05, 0) is 48.5 Å². The van der Waals surface area contributed by atoms with Crippen LogP contribution < -0.4 is 5.32 Å². The van der Waals surface area contributed by atoms with Crippen LogP contribution >= 0.6 is 0 Å². The van der Waals surface area contributed by atoms with Gasteiger partial charge in [-0.2, -0.15) is 9.61 Å². The molecule has 0 fully saturated rings. The first-order chi connectivity index (χ1) is 14.8. The maximum Gasteiger partial charge on any atom is 0.255 e. The molecular formula is C23H16N6O. The van der Waals surface area contributed by atoms with Crippen molar-refractivity contribution in [2.75, 3.05) is 5.32 Å². The van der Waals surface area contributed by atoms with Gasteiger partial charge in [-0.25, -0.2) is 0 Å². The number of fused-ring (bicyclic) bond motifs is 1. The fourth-order valence-electron chi connectivity index (χ4n) is 3.11. The van der Waals surface area contributed by atoms with Gasteiger partial charge in [0.25, 0.3) is 5.91 Å². The molecule has 3 aromatic heterocycles. The van der Waals surface area contributed by atoms with Crippen LogP contribution in [0.15, 0.2) is 91.1 Å². The smallest absolute Gasteiger partial charge is 0.255 e. The Morgan fingerprint density at radius 1 is 0.767 bits per heavy atom. The maximum absolute atomic E-state index is 12.3. The van der Waals surface area contributed by atoms with E-state index in [1.807, 2.05) is 72.8 Å². The molecule has 2 aromatic carbocycles. The van der Waals surface area contributed by atoms with Gasteiger partial charge < -0.3 is 5.32 Å². The number of hydrogen-bond donors (Lipinski definition) is 1. The number of hydrogen-bond acceptors (Lipinski definition) is 5. The highest BCUT2D eigenvalue weighted by atomic mass is 16.1. The number of benzene rings is 2. The molecule has 0 aliphatic heterocycles. The third kappa shape index (κ3) is 3.40. The quantitative estimate of drug-likeness (QED) is 0.498. The highest BCUT2D eigenvalue weighted by Gasteiger charge is 2.12. The van der Waals surface area contributed by atoms with E-state index < -0.39 is 0 Å². The normalized spacial score (nSPS) is 10.8. The second-order valence-electron chi connectivity index (χ2n) is 6.62. The first-order valence-corrected chi connectivity index (χ1v) is 9.39. The molecule has 1 N–H and O–H groups in total. The topological polar surface area (TPSA) is 85.1 Å². The van der Waals surface area contributed by atoms with Crippen LogP contribution in [0.2, 0.25) is 0 Å². The second kappa shape index (κ2) is 7.56. The van der Waals surface area contributed by atoms with Gasteiger partial charge >= 0.3 is 0 Å². The SMILES string of the molecule is O=C(Nc1ccc(-c2ccc3nnc(-c4ccccn4)n3n2)cc1)c1ccccc1. The average Bonchev–Trinajstić information content (AvgIpc) is 3.24. The van der Waals surface area contributed by atoms with E-state index >= 15 is 0 Å². The predicted molar refractivity (Wildman–Crippen MR) is 114 cm³/mol. The van der Waals surface area contributed by atoms with Crippen molar-refractivity contribution < 1.29 is 4.79 Å². The highest BCUT2D eigenvalue weighted by Crippen LogP contribution is 2.22. The minimum atomic E-state index is -0.146. The molecule has 0 saturated carbocycles. The first-order valence-electron chi connectivity index (χ1n) is 9.39. The van der Waals surface area contributed by atoms with E-state index in [4.69, 9.17) is 0 Å². The van der Waals surface area contributed by atoms with Gasteiger partial charge in [-0.3, -0.25) is 9.78 Å². The van der Waals surface area contributed by atoms with Crippen molar-refractivity contribution >= 4 is 17.2 Å². The summed E-state index contributed by atoms with van der Waals surface area (Å²) >= 11 is 0. The number of amides is 1. The van der Waals surface area contributed by atoms with Crippen LogP contribution in [0, 0.1) is 0 Å². The maximum atomic E-state index is 12.3.